The van der Waals surface area contributed by atoms with Crippen LogP contribution in [0.3, 0.4) is 0 Å². The normalized spacial score (nSPS) is 20.8. The summed E-state index contributed by atoms with van der Waals surface area (Å²) in [4.78, 5) is 17.0. The van der Waals surface area contributed by atoms with Crippen LogP contribution in [0.1, 0.15) is 24.5 Å². The molecule has 0 spiro atoms. The average molecular weight is 443 g/mol. The number of carbonyl (C=O) groups is 1. The summed E-state index contributed by atoms with van der Waals surface area (Å²) in [7, 11) is 3.97. The fraction of sp³-hybridized carbons (Fsp3) is 0.296. The van der Waals surface area contributed by atoms with Gasteiger partial charge in [-0.1, -0.05) is 37.3 Å². The van der Waals surface area contributed by atoms with Crippen LogP contribution < -0.4 is 25.2 Å². The van der Waals surface area contributed by atoms with Gasteiger partial charge >= 0.3 is 6.09 Å². The van der Waals surface area contributed by atoms with Crippen LogP contribution >= 0.6 is 0 Å². The fourth-order valence-corrected chi connectivity index (χ4v) is 5.04. The molecule has 2 N–H and O–H groups in total. The summed E-state index contributed by atoms with van der Waals surface area (Å²) < 4.78 is 5.67. The first-order chi connectivity index (χ1) is 15.9. The number of fused-ring (bicyclic) bond motifs is 3. The molecular formula is C27H30N4O2. The van der Waals surface area contributed by atoms with Crippen molar-refractivity contribution in [3.05, 3.63) is 83.9 Å². The van der Waals surface area contributed by atoms with E-state index in [-0.39, 0.29) is 11.6 Å². The zero-order chi connectivity index (χ0) is 23.0. The van der Waals surface area contributed by atoms with E-state index < -0.39 is 6.09 Å². The molecule has 0 aromatic heterocycles. The van der Waals surface area contributed by atoms with Gasteiger partial charge in [0.05, 0.1) is 6.17 Å². The van der Waals surface area contributed by atoms with E-state index in [0.717, 1.165) is 25.2 Å². The molecule has 1 fully saturated rings. The minimum atomic E-state index is -0.488. The van der Waals surface area contributed by atoms with Gasteiger partial charge in [-0.3, -0.25) is 10.6 Å². The number of nitrogens with zero attached hydrogens (tertiary/aromatic N) is 2. The molecule has 170 valence electrons. The number of amides is 1. The maximum absolute atomic E-state index is 12.5. The third-order valence-corrected chi connectivity index (χ3v) is 6.83. The predicted molar refractivity (Wildman–Crippen MR) is 133 cm³/mol. The minimum absolute atomic E-state index is 0.0258. The largest absolute Gasteiger partial charge is 0.417 e. The van der Waals surface area contributed by atoms with E-state index in [1.807, 2.05) is 61.5 Å². The lowest BCUT2D eigenvalue weighted by Crippen LogP contribution is -2.46. The number of anilines is 3. The van der Waals surface area contributed by atoms with Crippen LogP contribution in [-0.2, 0) is 12.0 Å². The van der Waals surface area contributed by atoms with Crippen molar-refractivity contribution in [2.75, 3.05) is 35.8 Å². The third-order valence-electron chi connectivity index (χ3n) is 6.83. The van der Waals surface area contributed by atoms with Crippen LogP contribution in [0.25, 0.3) is 0 Å². The summed E-state index contributed by atoms with van der Waals surface area (Å²) in [5.41, 5.74) is 5.46. The Labute approximate surface area is 195 Å². The van der Waals surface area contributed by atoms with Gasteiger partial charge < -0.3 is 14.5 Å². The van der Waals surface area contributed by atoms with Crippen LogP contribution in [0.15, 0.2) is 72.8 Å². The molecular weight excluding hydrogens is 412 g/mol. The minimum Gasteiger partial charge on any atom is -0.410 e. The van der Waals surface area contributed by atoms with Crippen LogP contribution in [0.2, 0.25) is 0 Å². The van der Waals surface area contributed by atoms with Gasteiger partial charge in [-0.25, -0.2) is 4.79 Å². The monoisotopic (exact) mass is 442 g/mol. The van der Waals surface area contributed by atoms with Gasteiger partial charge in [-0.2, -0.15) is 0 Å². The van der Waals surface area contributed by atoms with Crippen molar-refractivity contribution in [2.24, 2.45) is 0 Å². The molecule has 3 aromatic carbocycles. The lowest BCUT2D eigenvalue weighted by molar-refractivity contribution is 0.215. The van der Waals surface area contributed by atoms with Crippen molar-refractivity contribution in [3.63, 3.8) is 0 Å². The SMILES string of the molecule is CN(C)c1ccc(NC(=O)Oc2ccc3c(c2)[C@]2(C)CCNC2N3Cc2ccccc2)cc1. The zero-order valence-electron chi connectivity index (χ0n) is 19.3. The number of benzene rings is 3. The second kappa shape index (κ2) is 8.45. The van der Waals surface area contributed by atoms with E-state index in [2.05, 4.69) is 52.8 Å². The number of rotatable bonds is 5. The quantitative estimate of drug-likeness (QED) is 0.585. The highest BCUT2D eigenvalue weighted by Crippen LogP contribution is 2.50. The number of hydrogen-bond donors (Lipinski definition) is 2. The first-order valence-corrected chi connectivity index (χ1v) is 11.4. The van der Waals surface area contributed by atoms with E-state index in [4.69, 9.17) is 4.74 Å². The van der Waals surface area contributed by atoms with Crippen molar-refractivity contribution < 1.29 is 9.53 Å². The Morgan fingerprint density at radius 2 is 1.88 bits per heavy atom. The van der Waals surface area contributed by atoms with Crippen molar-refractivity contribution in [2.45, 2.75) is 31.5 Å². The number of ether oxygens (including phenoxy) is 1. The molecule has 0 saturated carbocycles. The molecule has 33 heavy (non-hydrogen) atoms. The van der Waals surface area contributed by atoms with E-state index in [9.17, 15) is 4.79 Å². The molecule has 0 radical (unpaired) electrons. The Morgan fingerprint density at radius 3 is 2.61 bits per heavy atom. The summed E-state index contributed by atoms with van der Waals surface area (Å²) in [5.74, 6) is 0.560. The molecule has 1 unspecified atom stereocenters. The second-order valence-corrected chi connectivity index (χ2v) is 9.27. The summed E-state index contributed by atoms with van der Waals surface area (Å²) in [6.07, 6.45) is 0.786. The van der Waals surface area contributed by atoms with Crippen molar-refractivity contribution in [3.8, 4) is 5.75 Å². The van der Waals surface area contributed by atoms with Crippen LogP contribution in [0, 0.1) is 0 Å². The topological polar surface area (TPSA) is 56.8 Å². The van der Waals surface area contributed by atoms with Gasteiger partial charge in [0, 0.05) is 43.1 Å². The first kappa shape index (κ1) is 21.3. The van der Waals surface area contributed by atoms with Crippen LogP contribution in [0.4, 0.5) is 21.9 Å². The molecule has 2 heterocycles. The lowest BCUT2D eigenvalue weighted by Gasteiger charge is -2.31. The Kier molecular flexibility index (Phi) is 5.46. The Morgan fingerprint density at radius 1 is 1.12 bits per heavy atom. The van der Waals surface area contributed by atoms with Crippen molar-refractivity contribution in [1.82, 2.24) is 5.32 Å². The van der Waals surface area contributed by atoms with Gasteiger partial charge in [0.15, 0.2) is 0 Å². The molecule has 1 saturated heterocycles. The van der Waals surface area contributed by atoms with Gasteiger partial charge in [0.25, 0.3) is 0 Å². The molecule has 2 aliphatic rings. The summed E-state index contributed by atoms with van der Waals surface area (Å²) in [6, 6.07) is 24.2. The van der Waals surface area contributed by atoms with Crippen molar-refractivity contribution >= 4 is 23.2 Å². The van der Waals surface area contributed by atoms with Crippen LogP contribution in [0.5, 0.6) is 5.75 Å². The molecule has 6 heteroatoms. The highest BCUT2D eigenvalue weighted by atomic mass is 16.6. The predicted octanol–water partition coefficient (Wildman–Crippen LogP) is 4.96. The number of hydrogen-bond acceptors (Lipinski definition) is 5. The van der Waals surface area contributed by atoms with Gasteiger partial charge in [-0.05, 0) is 66.6 Å². The average Bonchev–Trinajstić information content (AvgIpc) is 3.29. The summed E-state index contributed by atoms with van der Waals surface area (Å²) in [5, 5.41) is 6.50. The van der Waals surface area contributed by atoms with Gasteiger partial charge in [-0.15, -0.1) is 0 Å². The molecule has 3 aromatic rings. The highest BCUT2D eigenvalue weighted by molar-refractivity contribution is 5.86. The van der Waals surface area contributed by atoms with Gasteiger partial charge in [0.1, 0.15) is 5.75 Å². The molecule has 1 amide bonds. The molecule has 0 bridgehead atoms. The summed E-state index contributed by atoms with van der Waals surface area (Å²) >= 11 is 0. The molecule has 6 nitrogen and oxygen atoms in total. The smallest absolute Gasteiger partial charge is 0.410 e. The fourth-order valence-electron chi connectivity index (χ4n) is 5.04. The van der Waals surface area contributed by atoms with E-state index in [1.54, 1.807) is 0 Å². The Balaban J connectivity index is 1.35. The Hall–Kier alpha value is -3.51. The molecule has 2 aliphatic heterocycles. The Bertz CT molecular complexity index is 1150. The number of nitrogens with one attached hydrogen (secondary N) is 2. The number of carbonyl (C=O) groups excluding carboxylic acids is 1. The first-order valence-electron chi connectivity index (χ1n) is 11.4. The highest BCUT2D eigenvalue weighted by Gasteiger charge is 2.50. The second-order valence-electron chi connectivity index (χ2n) is 9.27. The molecule has 0 aliphatic carbocycles. The molecule has 2 atom stereocenters. The van der Waals surface area contributed by atoms with E-state index in [1.165, 1.54) is 16.8 Å². The van der Waals surface area contributed by atoms with Crippen LogP contribution in [-0.4, -0.2) is 32.9 Å². The standard InChI is InChI=1S/C27H30N4O2/c1-27-15-16-28-25(27)31(18-19-7-5-4-6-8-19)24-14-13-22(17-23(24)27)33-26(32)29-20-9-11-21(12-10-20)30(2)3/h4-14,17,25,28H,15-16,18H2,1-3H3,(H,29,32)/t25?,27-/m0/s1. The molecule has 5 rings (SSSR count). The maximum Gasteiger partial charge on any atom is 0.417 e. The maximum atomic E-state index is 12.5. The summed E-state index contributed by atoms with van der Waals surface area (Å²) in [6.45, 7) is 4.11. The lowest BCUT2D eigenvalue weighted by atomic mass is 9.81. The van der Waals surface area contributed by atoms with Gasteiger partial charge in [0.2, 0.25) is 0 Å². The van der Waals surface area contributed by atoms with E-state index in [0.29, 0.717) is 11.4 Å². The third kappa shape index (κ3) is 4.02. The zero-order valence-corrected chi connectivity index (χ0v) is 19.3. The van der Waals surface area contributed by atoms with Crippen molar-refractivity contribution in [1.29, 1.82) is 0 Å². The van der Waals surface area contributed by atoms with E-state index >= 15 is 0 Å².